The van der Waals surface area contributed by atoms with E-state index in [1.807, 2.05) is 24.1 Å². The zero-order valence-electron chi connectivity index (χ0n) is 12.7. The Morgan fingerprint density at radius 2 is 2.18 bits per heavy atom. The minimum atomic E-state index is -0.645. The van der Waals surface area contributed by atoms with Gasteiger partial charge in [0.05, 0.1) is 17.6 Å². The standard InChI is InChI=1S/C15H20N4O3/c1-12-5-3-4-6-13(12)8-17(2)10-15(20)11-18-9-14(7-16-18)19(21)22/h3-7,9,15,20H,8,10-11H2,1-2H3. The molecule has 0 amide bonds. The Labute approximate surface area is 128 Å². The van der Waals surface area contributed by atoms with Crippen LogP contribution in [0.2, 0.25) is 0 Å². The third kappa shape index (κ3) is 4.37. The Bertz CT molecular complexity index is 641. The van der Waals surface area contributed by atoms with Crippen LogP contribution in [-0.4, -0.2) is 44.4 Å². The molecule has 0 saturated carbocycles. The van der Waals surface area contributed by atoms with Crippen LogP contribution in [0.3, 0.4) is 0 Å². The number of rotatable bonds is 7. The minimum Gasteiger partial charge on any atom is -0.390 e. The van der Waals surface area contributed by atoms with Crippen molar-refractivity contribution in [1.82, 2.24) is 14.7 Å². The second-order valence-corrected chi connectivity index (χ2v) is 5.45. The molecule has 2 aromatic rings. The van der Waals surface area contributed by atoms with Crippen LogP contribution in [0.1, 0.15) is 11.1 Å². The lowest BCUT2D eigenvalue weighted by Crippen LogP contribution is -2.32. The first-order valence-corrected chi connectivity index (χ1v) is 7.03. The third-order valence-electron chi connectivity index (χ3n) is 3.45. The van der Waals surface area contributed by atoms with E-state index >= 15 is 0 Å². The van der Waals surface area contributed by atoms with E-state index < -0.39 is 11.0 Å². The molecular formula is C15H20N4O3. The molecule has 2 rings (SSSR count). The molecule has 1 aromatic heterocycles. The molecule has 7 heteroatoms. The van der Waals surface area contributed by atoms with Crippen LogP contribution in [0.4, 0.5) is 5.69 Å². The van der Waals surface area contributed by atoms with Gasteiger partial charge in [-0.3, -0.25) is 19.7 Å². The van der Waals surface area contributed by atoms with Crippen LogP contribution in [0.5, 0.6) is 0 Å². The highest BCUT2D eigenvalue weighted by Crippen LogP contribution is 2.11. The lowest BCUT2D eigenvalue weighted by Gasteiger charge is -2.21. The Balaban J connectivity index is 1.86. The molecule has 0 fully saturated rings. The summed E-state index contributed by atoms with van der Waals surface area (Å²) in [6.07, 6.45) is 1.86. The largest absolute Gasteiger partial charge is 0.390 e. The number of aromatic nitrogens is 2. The van der Waals surface area contributed by atoms with Gasteiger partial charge < -0.3 is 5.11 Å². The fourth-order valence-electron chi connectivity index (χ4n) is 2.32. The zero-order valence-corrected chi connectivity index (χ0v) is 12.7. The van der Waals surface area contributed by atoms with E-state index in [2.05, 4.69) is 24.2 Å². The highest BCUT2D eigenvalue weighted by atomic mass is 16.6. The van der Waals surface area contributed by atoms with Gasteiger partial charge in [-0.05, 0) is 25.1 Å². The maximum absolute atomic E-state index is 10.6. The van der Waals surface area contributed by atoms with Gasteiger partial charge in [-0.1, -0.05) is 24.3 Å². The molecule has 0 radical (unpaired) electrons. The van der Waals surface area contributed by atoms with Crippen molar-refractivity contribution in [3.05, 3.63) is 57.9 Å². The molecule has 1 heterocycles. The second kappa shape index (κ2) is 7.15. The third-order valence-corrected chi connectivity index (χ3v) is 3.45. The quantitative estimate of drug-likeness (QED) is 0.620. The fourth-order valence-corrected chi connectivity index (χ4v) is 2.32. The van der Waals surface area contributed by atoms with Crippen LogP contribution in [0.15, 0.2) is 36.7 Å². The highest BCUT2D eigenvalue weighted by Gasteiger charge is 2.14. The predicted octanol–water partition coefficient (Wildman–Crippen LogP) is 1.59. The molecule has 0 bridgehead atoms. The molecule has 118 valence electrons. The molecule has 1 N–H and O–H groups in total. The summed E-state index contributed by atoms with van der Waals surface area (Å²) >= 11 is 0. The smallest absolute Gasteiger partial charge is 0.306 e. The van der Waals surface area contributed by atoms with Crippen molar-refractivity contribution in [3.63, 3.8) is 0 Å². The van der Waals surface area contributed by atoms with Gasteiger partial charge in [0, 0.05) is 13.1 Å². The molecule has 7 nitrogen and oxygen atoms in total. The summed E-state index contributed by atoms with van der Waals surface area (Å²) in [5, 5.41) is 24.6. The summed E-state index contributed by atoms with van der Waals surface area (Å²) < 4.78 is 1.39. The lowest BCUT2D eigenvalue weighted by molar-refractivity contribution is -0.385. The van der Waals surface area contributed by atoms with E-state index in [-0.39, 0.29) is 12.2 Å². The summed E-state index contributed by atoms with van der Waals surface area (Å²) in [4.78, 5) is 12.1. The van der Waals surface area contributed by atoms with Crippen LogP contribution in [-0.2, 0) is 13.1 Å². The fraction of sp³-hybridized carbons (Fsp3) is 0.400. The average molecular weight is 304 g/mol. The summed E-state index contributed by atoms with van der Waals surface area (Å²) in [5.74, 6) is 0. The van der Waals surface area contributed by atoms with Crippen molar-refractivity contribution >= 4 is 5.69 Å². The van der Waals surface area contributed by atoms with E-state index in [1.54, 1.807) is 0 Å². The van der Waals surface area contributed by atoms with Crippen molar-refractivity contribution in [2.45, 2.75) is 26.1 Å². The molecule has 1 atom stereocenters. The van der Waals surface area contributed by atoms with Gasteiger partial charge in [0.15, 0.2) is 0 Å². The predicted molar refractivity (Wildman–Crippen MR) is 82.4 cm³/mol. The lowest BCUT2D eigenvalue weighted by atomic mass is 10.1. The summed E-state index contributed by atoms with van der Waals surface area (Å²) in [5.41, 5.74) is 2.36. The molecule has 1 aromatic carbocycles. The van der Waals surface area contributed by atoms with Gasteiger partial charge in [-0.15, -0.1) is 0 Å². The SMILES string of the molecule is Cc1ccccc1CN(C)CC(O)Cn1cc([N+](=O)[O-])cn1. The number of hydrogen-bond acceptors (Lipinski definition) is 5. The Morgan fingerprint density at radius 1 is 1.45 bits per heavy atom. The normalized spacial score (nSPS) is 12.5. The number of nitro groups is 1. The number of nitrogens with zero attached hydrogens (tertiary/aromatic N) is 4. The average Bonchev–Trinajstić information content (AvgIpc) is 2.89. The van der Waals surface area contributed by atoms with Crippen LogP contribution in [0.25, 0.3) is 0 Å². The summed E-state index contributed by atoms with van der Waals surface area (Å²) in [6, 6.07) is 8.12. The van der Waals surface area contributed by atoms with Gasteiger partial charge in [0.1, 0.15) is 12.4 Å². The molecule has 0 aliphatic heterocycles. The van der Waals surface area contributed by atoms with Crippen molar-refractivity contribution in [2.75, 3.05) is 13.6 Å². The monoisotopic (exact) mass is 304 g/mol. The van der Waals surface area contributed by atoms with Gasteiger partial charge in [-0.25, -0.2) is 0 Å². The zero-order chi connectivity index (χ0) is 16.1. The summed E-state index contributed by atoms with van der Waals surface area (Å²) in [7, 11) is 1.93. The van der Waals surface area contributed by atoms with E-state index in [9.17, 15) is 15.2 Å². The maximum Gasteiger partial charge on any atom is 0.306 e. The first-order chi connectivity index (χ1) is 10.5. The van der Waals surface area contributed by atoms with Crippen molar-refractivity contribution in [3.8, 4) is 0 Å². The van der Waals surface area contributed by atoms with E-state index in [0.29, 0.717) is 6.54 Å². The Kier molecular flexibility index (Phi) is 5.24. The minimum absolute atomic E-state index is 0.0690. The first-order valence-electron chi connectivity index (χ1n) is 7.03. The number of aryl methyl sites for hydroxylation is 1. The number of aliphatic hydroxyl groups excluding tert-OH is 1. The number of aliphatic hydroxyl groups is 1. The van der Waals surface area contributed by atoms with Gasteiger partial charge in [-0.2, -0.15) is 5.10 Å². The highest BCUT2D eigenvalue weighted by molar-refractivity contribution is 5.25. The van der Waals surface area contributed by atoms with Gasteiger partial charge in [0.2, 0.25) is 0 Å². The molecule has 0 aliphatic carbocycles. The van der Waals surface area contributed by atoms with Crippen molar-refractivity contribution in [2.24, 2.45) is 0 Å². The van der Waals surface area contributed by atoms with E-state index in [1.165, 1.54) is 28.2 Å². The van der Waals surface area contributed by atoms with Gasteiger partial charge >= 0.3 is 5.69 Å². The number of hydrogen-bond donors (Lipinski definition) is 1. The maximum atomic E-state index is 10.6. The van der Waals surface area contributed by atoms with Crippen molar-refractivity contribution < 1.29 is 10.0 Å². The molecule has 0 saturated heterocycles. The molecule has 0 aliphatic rings. The van der Waals surface area contributed by atoms with Crippen LogP contribution >= 0.6 is 0 Å². The number of benzene rings is 1. The molecule has 0 spiro atoms. The van der Waals surface area contributed by atoms with Gasteiger partial charge in [0.25, 0.3) is 0 Å². The Hall–Kier alpha value is -2.25. The second-order valence-electron chi connectivity index (χ2n) is 5.45. The topological polar surface area (TPSA) is 84.4 Å². The van der Waals surface area contributed by atoms with E-state index in [0.717, 1.165) is 6.54 Å². The number of likely N-dealkylation sites (N-methyl/N-ethyl adjacent to an activating group) is 1. The van der Waals surface area contributed by atoms with Crippen molar-refractivity contribution in [1.29, 1.82) is 0 Å². The first kappa shape index (κ1) is 16.1. The summed E-state index contributed by atoms with van der Waals surface area (Å²) in [6.45, 7) is 3.49. The van der Waals surface area contributed by atoms with E-state index in [4.69, 9.17) is 0 Å². The molecular weight excluding hydrogens is 284 g/mol. The Morgan fingerprint density at radius 3 is 2.82 bits per heavy atom. The van der Waals surface area contributed by atoms with Crippen LogP contribution < -0.4 is 0 Å². The molecule has 1 unspecified atom stereocenters. The van der Waals surface area contributed by atoms with Crippen LogP contribution in [0, 0.1) is 17.0 Å². The molecule has 22 heavy (non-hydrogen) atoms.